The Morgan fingerprint density at radius 2 is 2.35 bits per heavy atom. The van der Waals surface area contributed by atoms with Gasteiger partial charge in [0.15, 0.2) is 0 Å². The van der Waals surface area contributed by atoms with Gasteiger partial charge in [0.05, 0.1) is 16.1 Å². The molecule has 2 unspecified atom stereocenters. The van der Waals surface area contributed by atoms with Gasteiger partial charge in [0.25, 0.3) is 0 Å². The van der Waals surface area contributed by atoms with Crippen molar-refractivity contribution in [2.75, 3.05) is 5.32 Å². The molecule has 0 spiro atoms. The zero-order valence-electron chi connectivity index (χ0n) is 11.4. The molecule has 0 bridgehead atoms. The third-order valence-corrected chi connectivity index (χ3v) is 4.16. The molecule has 1 saturated carbocycles. The van der Waals surface area contributed by atoms with Gasteiger partial charge in [-0.3, -0.25) is 4.79 Å². The number of nitrogens with one attached hydrogen (secondary N) is 1. The Bertz CT molecular complexity index is 567. The summed E-state index contributed by atoms with van der Waals surface area (Å²) in [5.74, 6) is 0.273. The van der Waals surface area contributed by atoms with E-state index in [2.05, 4.69) is 12.2 Å². The summed E-state index contributed by atoms with van der Waals surface area (Å²) in [6, 6.07) is 6.83. The molecule has 0 aromatic heterocycles. The minimum absolute atomic E-state index is 0.185. The molecule has 2 atom stereocenters. The Balaban J connectivity index is 2.13. The molecule has 2 rings (SSSR count). The van der Waals surface area contributed by atoms with Crippen LogP contribution in [-0.2, 0) is 4.79 Å². The lowest BCUT2D eigenvalue weighted by Crippen LogP contribution is -2.53. The van der Waals surface area contributed by atoms with E-state index in [1.807, 2.05) is 6.07 Å². The maximum absolute atomic E-state index is 12.4. The third kappa shape index (κ3) is 3.12. The molecule has 5 heteroatoms. The predicted molar refractivity (Wildman–Crippen MR) is 79.3 cm³/mol. The second-order valence-corrected chi connectivity index (χ2v) is 6.03. The first kappa shape index (κ1) is 14.8. The lowest BCUT2D eigenvalue weighted by molar-refractivity contribution is -0.122. The molecule has 1 aromatic carbocycles. The van der Waals surface area contributed by atoms with Crippen LogP contribution in [0.3, 0.4) is 0 Å². The molecule has 3 N–H and O–H groups in total. The highest BCUT2D eigenvalue weighted by Crippen LogP contribution is 2.31. The highest BCUT2D eigenvalue weighted by Gasteiger charge is 2.37. The molecule has 1 amide bonds. The van der Waals surface area contributed by atoms with Crippen molar-refractivity contribution in [1.29, 1.82) is 5.26 Å². The summed E-state index contributed by atoms with van der Waals surface area (Å²) in [7, 11) is 0. The van der Waals surface area contributed by atoms with E-state index >= 15 is 0 Å². The zero-order valence-corrected chi connectivity index (χ0v) is 12.2. The van der Waals surface area contributed by atoms with Gasteiger partial charge in [-0.2, -0.15) is 5.26 Å². The zero-order chi connectivity index (χ0) is 14.8. The average molecular weight is 292 g/mol. The highest BCUT2D eigenvalue weighted by molar-refractivity contribution is 6.31. The molecule has 0 radical (unpaired) electrons. The summed E-state index contributed by atoms with van der Waals surface area (Å²) in [5, 5.41) is 12.1. The van der Waals surface area contributed by atoms with E-state index in [0.29, 0.717) is 35.0 Å². The Morgan fingerprint density at radius 1 is 1.60 bits per heavy atom. The third-order valence-electron chi connectivity index (χ3n) is 3.83. The van der Waals surface area contributed by atoms with Crippen molar-refractivity contribution in [3.05, 3.63) is 28.8 Å². The minimum Gasteiger partial charge on any atom is -0.324 e. The molecule has 4 nitrogen and oxygen atoms in total. The largest absolute Gasteiger partial charge is 0.324 e. The highest BCUT2D eigenvalue weighted by atomic mass is 35.5. The summed E-state index contributed by atoms with van der Waals surface area (Å²) in [5.41, 5.74) is 6.32. The maximum atomic E-state index is 12.4. The van der Waals surface area contributed by atoms with Crippen LogP contribution in [0.2, 0.25) is 5.02 Å². The second-order valence-electron chi connectivity index (χ2n) is 5.62. The number of carbonyl (C=O) groups is 1. The molecular formula is C15H18ClN3O. The lowest BCUT2D eigenvalue weighted by atomic mass is 9.76. The van der Waals surface area contributed by atoms with E-state index < -0.39 is 5.54 Å². The molecule has 1 aliphatic carbocycles. The molecule has 1 fully saturated rings. The number of anilines is 1. The van der Waals surface area contributed by atoms with Crippen molar-refractivity contribution in [3.8, 4) is 6.07 Å². The van der Waals surface area contributed by atoms with Crippen molar-refractivity contribution >= 4 is 23.2 Å². The van der Waals surface area contributed by atoms with Crippen LogP contribution in [0.15, 0.2) is 18.2 Å². The predicted octanol–water partition coefficient (Wildman–Crippen LogP) is 3.06. The number of hydrogen-bond donors (Lipinski definition) is 2. The SMILES string of the molecule is CC1CCCC(N)(C(=O)Nc2ccc(Cl)c(C#N)c2)C1. The topological polar surface area (TPSA) is 78.9 Å². The van der Waals surface area contributed by atoms with Crippen LogP contribution in [0.25, 0.3) is 0 Å². The van der Waals surface area contributed by atoms with Gasteiger partial charge in [0.2, 0.25) is 5.91 Å². The normalized spacial score (nSPS) is 25.8. The molecule has 1 aromatic rings. The summed E-state index contributed by atoms with van der Waals surface area (Å²) >= 11 is 5.87. The molecule has 106 valence electrons. The number of carbonyl (C=O) groups excluding carboxylic acids is 1. The summed E-state index contributed by atoms with van der Waals surface area (Å²) < 4.78 is 0. The smallest absolute Gasteiger partial charge is 0.244 e. The van der Waals surface area contributed by atoms with E-state index in [0.717, 1.165) is 12.8 Å². The number of nitrogens with two attached hydrogens (primary N) is 1. The van der Waals surface area contributed by atoms with Gasteiger partial charge in [0, 0.05) is 5.69 Å². The Labute approximate surface area is 123 Å². The second kappa shape index (κ2) is 5.82. The van der Waals surface area contributed by atoms with Crippen LogP contribution < -0.4 is 11.1 Å². The minimum atomic E-state index is -0.815. The van der Waals surface area contributed by atoms with Crippen LogP contribution in [-0.4, -0.2) is 11.4 Å². The number of nitrogens with zero attached hydrogens (tertiary/aromatic N) is 1. The number of hydrogen-bond acceptors (Lipinski definition) is 3. The molecule has 0 heterocycles. The monoisotopic (exact) mass is 291 g/mol. The van der Waals surface area contributed by atoms with Gasteiger partial charge in [-0.25, -0.2) is 0 Å². The van der Waals surface area contributed by atoms with Crippen LogP contribution in [0.1, 0.15) is 38.2 Å². The number of amides is 1. The summed E-state index contributed by atoms with van der Waals surface area (Å²) in [4.78, 5) is 12.4. The summed E-state index contributed by atoms with van der Waals surface area (Å²) in [6.07, 6.45) is 3.47. The van der Waals surface area contributed by atoms with Crippen molar-refractivity contribution < 1.29 is 4.79 Å². The van der Waals surface area contributed by atoms with Gasteiger partial charge in [-0.05, 0) is 37.0 Å². The molecular weight excluding hydrogens is 274 g/mol. The number of nitriles is 1. The quantitative estimate of drug-likeness (QED) is 0.879. The van der Waals surface area contributed by atoms with E-state index in [9.17, 15) is 4.79 Å². The lowest BCUT2D eigenvalue weighted by Gasteiger charge is -2.35. The van der Waals surface area contributed by atoms with Crippen molar-refractivity contribution in [2.24, 2.45) is 11.7 Å². The average Bonchev–Trinajstić information content (AvgIpc) is 2.40. The van der Waals surface area contributed by atoms with Crippen molar-refractivity contribution in [3.63, 3.8) is 0 Å². The van der Waals surface area contributed by atoms with E-state index in [4.69, 9.17) is 22.6 Å². The number of benzene rings is 1. The summed E-state index contributed by atoms with van der Waals surface area (Å²) in [6.45, 7) is 2.12. The first-order valence-electron chi connectivity index (χ1n) is 6.74. The van der Waals surface area contributed by atoms with Crippen molar-refractivity contribution in [1.82, 2.24) is 0 Å². The Morgan fingerprint density at radius 3 is 3.00 bits per heavy atom. The van der Waals surface area contributed by atoms with Crippen molar-refractivity contribution in [2.45, 2.75) is 38.1 Å². The van der Waals surface area contributed by atoms with Crippen LogP contribution in [0.4, 0.5) is 5.69 Å². The fraction of sp³-hybridized carbons (Fsp3) is 0.467. The Kier molecular flexibility index (Phi) is 4.32. The number of rotatable bonds is 2. The molecule has 1 aliphatic rings. The van der Waals surface area contributed by atoms with Crippen LogP contribution in [0, 0.1) is 17.2 Å². The van der Waals surface area contributed by atoms with Gasteiger partial charge >= 0.3 is 0 Å². The van der Waals surface area contributed by atoms with Crippen LogP contribution >= 0.6 is 11.6 Å². The fourth-order valence-electron chi connectivity index (χ4n) is 2.74. The fourth-order valence-corrected chi connectivity index (χ4v) is 2.90. The standard InChI is InChI=1S/C15H18ClN3O/c1-10-3-2-6-15(18,8-10)14(20)19-12-4-5-13(16)11(7-12)9-17/h4-5,7,10H,2-3,6,8,18H2,1H3,(H,19,20). The maximum Gasteiger partial charge on any atom is 0.244 e. The molecule has 0 aliphatic heterocycles. The molecule has 20 heavy (non-hydrogen) atoms. The Hall–Kier alpha value is -1.57. The number of halogens is 1. The van der Waals surface area contributed by atoms with Gasteiger partial charge < -0.3 is 11.1 Å². The van der Waals surface area contributed by atoms with Gasteiger partial charge in [0.1, 0.15) is 6.07 Å². The van der Waals surface area contributed by atoms with Gasteiger partial charge in [-0.1, -0.05) is 31.4 Å². The van der Waals surface area contributed by atoms with E-state index in [1.54, 1.807) is 18.2 Å². The van der Waals surface area contributed by atoms with Gasteiger partial charge in [-0.15, -0.1) is 0 Å². The van der Waals surface area contributed by atoms with E-state index in [1.165, 1.54) is 0 Å². The first-order chi connectivity index (χ1) is 9.44. The molecule has 0 saturated heterocycles. The van der Waals surface area contributed by atoms with Crippen LogP contribution in [0.5, 0.6) is 0 Å². The van der Waals surface area contributed by atoms with E-state index in [-0.39, 0.29) is 5.91 Å². The first-order valence-corrected chi connectivity index (χ1v) is 7.12.